The fraction of sp³-hybridized carbons (Fsp3) is 0.391. The lowest BCUT2D eigenvalue weighted by Crippen LogP contribution is -2.54. The molecule has 3 saturated heterocycles. The lowest BCUT2D eigenvalue weighted by Gasteiger charge is -2.50. The van der Waals surface area contributed by atoms with Gasteiger partial charge in [0.15, 0.2) is 0 Å². The van der Waals surface area contributed by atoms with Crippen LogP contribution in [-0.2, 0) is 4.79 Å². The van der Waals surface area contributed by atoms with Crippen molar-refractivity contribution in [2.24, 2.45) is 11.8 Å². The Labute approximate surface area is 171 Å². The number of nitrogens with zero attached hydrogens (tertiary/aromatic N) is 2. The molecular weight excluding hydrogens is 368 g/mol. The first-order chi connectivity index (χ1) is 14.0. The first-order valence-electron chi connectivity index (χ1n) is 9.81. The smallest absolute Gasteiger partial charge is 0.327 e. The number of hydrogen-bond acceptors (Lipinski definition) is 5. The highest BCUT2D eigenvalue weighted by Gasteiger charge is 2.42. The molecule has 3 unspecified atom stereocenters. The summed E-state index contributed by atoms with van der Waals surface area (Å²) in [6, 6.07) is 7.96. The maximum atomic E-state index is 11.2. The first kappa shape index (κ1) is 21.0. The predicted molar refractivity (Wildman–Crippen MR) is 113 cm³/mol. The normalized spacial score (nSPS) is 26.1. The Hall–Kier alpha value is -2.70. The molecule has 0 amide bonds. The van der Waals surface area contributed by atoms with E-state index in [1.54, 1.807) is 13.3 Å². The molecular formula is C23H28N2O4. The van der Waals surface area contributed by atoms with Crippen molar-refractivity contribution < 1.29 is 19.7 Å². The topological polar surface area (TPSA) is 82.9 Å². The third kappa shape index (κ3) is 4.49. The van der Waals surface area contributed by atoms with E-state index in [4.69, 9.17) is 9.84 Å². The van der Waals surface area contributed by atoms with Crippen molar-refractivity contribution in [2.45, 2.75) is 25.0 Å². The molecule has 5 atom stereocenters. The molecule has 1 aromatic carbocycles. The van der Waals surface area contributed by atoms with Gasteiger partial charge in [-0.3, -0.25) is 9.88 Å². The molecule has 3 aliphatic heterocycles. The monoisotopic (exact) mass is 396 g/mol. The number of aliphatic hydroxyl groups excluding tert-OH is 1. The van der Waals surface area contributed by atoms with Crippen molar-refractivity contribution in [1.29, 1.82) is 0 Å². The molecule has 6 nitrogen and oxygen atoms in total. The van der Waals surface area contributed by atoms with E-state index in [-0.39, 0.29) is 6.04 Å². The van der Waals surface area contributed by atoms with E-state index in [0.717, 1.165) is 47.8 Å². The summed E-state index contributed by atoms with van der Waals surface area (Å²) in [5, 5.41) is 19.7. The average molecular weight is 396 g/mol. The van der Waals surface area contributed by atoms with Crippen LogP contribution < -0.4 is 4.74 Å². The standard InChI is InChI=1S/C20H24N2O2.C3H4O2/c1-3-13-12-22-9-7-14(13)10-19(22)20(23)16-6-8-21-18-5-4-15(24-2)11-17(16)18;1-2-3(4)5/h3-6,8,11,13-14,19-20,23H,1,7,9-10,12H2,2H3;2H,1H2,(H,4,5)/t13-,14?,19-,20?;/m1./s1. The SMILES string of the molecule is C=CC(=O)O.C=C[C@@H]1CN2CCC1C[C@@H]2C(O)c1ccnc2ccc(OC)cc12. The Bertz CT molecular complexity index is 898. The second kappa shape index (κ2) is 9.20. The zero-order valence-electron chi connectivity index (χ0n) is 16.7. The van der Waals surface area contributed by atoms with Gasteiger partial charge in [-0.15, -0.1) is 6.58 Å². The summed E-state index contributed by atoms with van der Waals surface area (Å²) in [4.78, 5) is 16.1. The number of pyridine rings is 1. The molecule has 3 fully saturated rings. The van der Waals surface area contributed by atoms with Crippen LogP contribution in [0.4, 0.5) is 0 Å². The number of piperidine rings is 3. The molecule has 0 spiro atoms. The van der Waals surface area contributed by atoms with Crippen molar-refractivity contribution in [3.05, 3.63) is 61.3 Å². The molecule has 4 heterocycles. The largest absolute Gasteiger partial charge is 0.497 e. The molecule has 0 aliphatic carbocycles. The number of aromatic nitrogens is 1. The Morgan fingerprint density at radius 1 is 1.38 bits per heavy atom. The minimum atomic E-state index is -0.981. The number of fused-ring (bicyclic) bond motifs is 4. The predicted octanol–water partition coefficient (Wildman–Crippen LogP) is 3.43. The van der Waals surface area contributed by atoms with Gasteiger partial charge in [-0.2, -0.15) is 0 Å². The number of benzene rings is 1. The van der Waals surface area contributed by atoms with Crippen LogP contribution >= 0.6 is 0 Å². The van der Waals surface area contributed by atoms with Gasteiger partial charge in [-0.1, -0.05) is 12.7 Å². The van der Waals surface area contributed by atoms with E-state index in [9.17, 15) is 9.90 Å². The number of carboxylic acid groups (broad SMARTS) is 1. The molecule has 5 rings (SSSR count). The second-order valence-electron chi connectivity index (χ2n) is 7.52. The minimum Gasteiger partial charge on any atom is -0.497 e. The van der Waals surface area contributed by atoms with Crippen LogP contribution in [0.5, 0.6) is 5.75 Å². The molecule has 2 bridgehead atoms. The van der Waals surface area contributed by atoms with E-state index >= 15 is 0 Å². The van der Waals surface area contributed by atoms with Gasteiger partial charge in [0.1, 0.15) is 5.75 Å². The number of aliphatic hydroxyl groups is 1. The Balaban J connectivity index is 0.000000431. The second-order valence-corrected chi connectivity index (χ2v) is 7.52. The summed E-state index contributed by atoms with van der Waals surface area (Å²) >= 11 is 0. The Morgan fingerprint density at radius 3 is 2.72 bits per heavy atom. The van der Waals surface area contributed by atoms with Gasteiger partial charge in [0.2, 0.25) is 0 Å². The van der Waals surface area contributed by atoms with Crippen molar-refractivity contribution in [3.8, 4) is 5.75 Å². The quantitative estimate of drug-likeness (QED) is 0.595. The first-order valence-corrected chi connectivity index (χ1v) is 9.81. The molecule has 154 valence electrons. The molecule has 2 N–H and O–H groups in total. The van der Waals surface area contributed by atoms with Gasteiger partial charge in [-0.05, 0) is 61.1 Å². The van der Waals surface area contributed by atoms with Crippen LogP contribution in [0, 0.1) is 11.8 Å². The van der Waals surface area contributed by atoms with Crippen molar-refractivity contribution in [1.82, 2.24) is 9.88 Å². The summed E-state index contributed by atoms with van der Waals surface area (Å²) < 4.78 is 5.35. The number of hydrogen-bond donors (Lipinski definition) is 2. The van der Waals surface area contributed by atoms with E-state index < -0.39 is 12.1 Å². The molecule has 0 saturated carbocycles. The number of aliphatic carboxylic acids is 1. The Kier molecular flexibility index (Phi) is 6.67. The zero-order valence-corrected chi connectivity index (χ0v) is 16.7. The molecule has 0 radical (unpaired) electrons. The van der Waals surface area contributed by atoms with E-state index in [0.29, 0.717) is 11.8 Å². The van der Waals surface area contributed by atoms with Crippen molar-refractivity contribution in [3.63, 3.8) is 0 Å². The molecule has 2 aromatic rings. The fourth-order valence-corrected chi connectivity index (χ4v) is 4.44. The maximum absolute atomic E-state index is 11.2. The van der Waals surface area contributed by atoms with Crippen LogP contribution in [0.1, 0.15) is 24.5 Å². The molecule has 3 aliphatic rings. The van der Waals surface area contributed by atoms with Gasteiger partial charge >= 0.3 is 5.97 Å². The third-order valence-electron chi connectivity index (χ3n) is 5.99. The highest BCUT2D eigenvalue weighted by molar-refractivity contribution is 5.84. The van der Waals surface area contributed by atoms with Crippen LogP contribution in [0.2, 0.25) is 0 Å². The van der Waals surface area contributed by atoms with E-state index in [2.05, 4.69) is 29.1 Å². The van der Waals surface area contributed by atoms with Gasteiger partial charge in [-0.25, -0.2) is 4.79 Å². The fourth-order valence-electron chi connectivity index (χ4n) is 4.44. The average Bonchev–Trinajstić information content (AvgIpc) is 2.78. The van der Waals surface area contributed by atoms with Gasteiger partial charge in [0.05, 0.1) is 18.7 Å². The van der Waals surface area contributed by atoms with Gasteiger partial charge < -0.3 is 14.9 Å². The molecule has 6 heteroatoms. The van der Waals surface area contributed by atoms with Crippen LogP contribution in [0.25, 0.3) is 10.9 Å². The van der Waals surface area contributed by atoms with Gasteiger partial charge in [0, 0.05) is 30.2 Å². The Morgan fingerprint density at radius 2 is 2.14 bits per heavy atom. The van der Waals surface area contributed by atoms with Crippen LogP contribution in [-0.4, -0.2) is 52.3 Å². The number of rotatable bonds is 5. The zero-order chi connectivity index (χ0) is 21.0. The summed E-state index contributed by atoms with van der Waals surface area (Å²) in [5.74, 6) is 1.03. The number of carboxylic acids is 1. The van der Waals surface area contributed by atoms with Crippen LogP contribution in [0.15, 0.2) is 55.8 Å². The molecule has 29 heavy (non-hydrogen) atoms. The highest BCUT2D eigenvalue weighted by atomic mass is 16.5. The van der Waals surface area contributed by atoms with E-state index in [1.165, 1.54) is 6.42 Å². The highest BCUT2D eigenvalue weighted by Crippen LogP contribution is 2.42. The molecule has 1 aromatic heterocycles. The maximum Gasteiger partial charge on any atom is 0.327 e. The van der Waals surface area contributed by atoms with Crippen molar-refractivity contribution >= 4 is 16.9 Å². The number of carbonyl (C=O) groups is 1. The third-order valence-corrected chi connectivity index (χ3v) is 5.99. The number of methoxy groups -OCH3 is 1. The van der Waals surface area contributed by atoms with E-state index in [1.807, 2.05) is 24.3 Å². The lowest BCUT2D eigenvalue weighted by molar-refractivity contribution is -0.131. The summed E-state index contributed by atoms with van der Waals surface area (Å²) in [6.07, 6.45) is 6.45. The minimum absolute atomic E-state index is 0.178. The summed E-state index contributed by atoms with van der Waals surface area (Å²) in [6.45, 7) is 9.03. The van der Waals surface area contributed by atoms with Crippen LogP contribution in [0.3, 0.4) is 0 Å². The van der Waals surface area contributed by atoms with Crippen molar-refractivity contribution in [2.75, 3.05) is 20.2 Å². The summed E-state index contributed by atoms with van der Waals surface area (Å²) in [7, 11) is 1.66. The lowest BCUT2D eigenvalue weighted by atomic mass is 9.73. The van der Waals surface area contributed by atoms with Gasteiger partial charge in [0.25, 0.3) is 0 Å². The summed E-state index contributed by atoms with van der Waals surface area (Å²) in [5.41, 5.74) is 1.85. The number of ether oxygens (including phenoxy) is 1.